The van der Waals surface area contributed by atoms with E-state index in [1.165, 1.54) is 24.7 Å². The minimum atomic E-state index is -0.823. The molecular weight excluding hydrogens is 321 g/mol. The van der Waals surface area contributed by atoms with Crippen molar-refractivity contribution >= 4 is 17.9 Å². The number of halogens is 1. The summed E-state index contributed by atoms with van der Waals surface area (Å²) in [5, 5.41) is 22.1. The van der Waals surface area contributed by atoms with Crippen LogP contribution in [0.3, 0.4) is 0 Å². The highest BCUT2D eigenvalue weighted by Crippen LogP contribution is 2.16. The molecule has 0 aromatic carbocycles. The molecular formula is C13H16FN7O3. The first kappa shape index (κ1) is 17.2. The molecule has 128 valence electrons. The third-order valence-corrected chi connectivity index (χ3v) is 3.41. The predicted octanol–water partition coefficient (Wildman–Crippen LogP) is 0.992. The maximum Gasteiger partial charge on any atom is 0.390 e. The van der Waals surface area contributed by atoms with Crippen LogP contribution in [0.4, 0.5) is 10.2 Å². The highest BCUT2D eigenvalue weighted by Gasteiger charge is 2.24. The second-order valence-corrected chi connectivity index (χ2v) is 5.17. The van der Waals surface area contributed by atoms with Crippen LogP contribution >= 0.6 is 0 Å². The van der Waals surface area contributed by atoms with E-state index in [4.69, 9.17) is 0 Å². The molecule has 1 atom stereocenters. The van der Waals surface area contributed by atoms with Gasteiger partial charge < -0.3 is 10.1 Å². The first-order valence-corrected chi connectivity index (χ1v) is 6.95. The molecule has 0 saturated heterocycles. The quantitative estimate of drug-likeness (QED) is 0.495. The molecule has 0 aliphatic rings. The van der Waals surface area contributed by atoms with Crippen LogP contribution in [0.15, 0.2) is 11.2 Å². The number of rotatable bonds is 5. The van der Waals surface area contributed by atoms with Crippen molar-refractivity contribution in [1.29, 1.82) is 0 Å². The van der Waals surface area contributed by atoms with Crippen LogP contribution < -0.4 is 5.43 Å². The zero-order valence-corrected chi connectivity index (χ0v) is 13.5. The predicted molar refractivity (Wildman–Crippen MR) is 82.0 cm³/mol. The number of carbonyl (C=O) groups excluding carboxylic acids is 1. The highest BCUT2D eigenvalue weighted by atomic mass is 19.1. The van der Waals surface area contributed by atoms with Crippen LogP contribution in [0.2, 0.25) is 0 Å². The van der Waals surface area contributed by atoms with Gasteiger partial charge in [0.15, 0.2) is 6.04 Å². The Bertz CT molecular complexity index is 824. The maximum atomic E-state index is 13.7. The first-order valence-electron chi connectivity index (χ1n) is 6.95. The lowest BCUT2D eigenvalue weighted by molar-refractivity contribution is -0.389. The molecule has 24 heavy (non-hydrogen) atoms. The molecule has 2 rings (SSSR count). The van der Waals surface area contributed by atoms with Crippen molar-refractivity contribution in [2.75, 3.05) is 0 Å². The van der Waals surface area contributed by atoms with Crippen molar-refractivity contribution in [1.82, 2.24) is 25.0 Å². The lowest BCUT2D eigenvalue weighted by atomic mass is 10.3. The van der Waals surface area contributed by atoms with E-state index in [1.807, 2.05) is 0 Å². The monoisotopic (exact) mass is 337 g/mol. The number of aryl methyl sites for hydroxylation is 3. The van der Waals surface area contributed by atoms with Gasteiger partial charge >= 0.3 is 5.82 Å². The fourth-order valence-electron chi connectivity index (χ4n) is 2.11. The standard InChI is InChI=1S/C13H16FN7O3/c1-7-5-11(21(23)24)18-20(7)9(3)13(22)16-15-6-10-8(2)17-19(4)12(10)14/h5-6,9H,1-4H3,(H,16,22)/b15-6-/t9-/m0/s1. The molecule has 11 heteroatoms. The molecule has 0 spiro atoms. The van der Waals surface area contributed by atoms with Gasteiger partial charge in [0.05, 0.1) is 34.3 Å². The Morgan fingerprint density at radius 3 is 2.67 bits per heavy atom. The van der Waals surface area contributed by atoms with E-state index in [2.05, 4.69) is 20.7 Å². The van der Waals surface area contributed by atoms with E-state index < -0.39 is 22.8 Å². The van der Waals surface area contributed by atoms with Crippen molar-refractivity contribution < 1.29 is 14.1 Å². The van der Waals surface area contributed by atoms with Crippen molar-refractivity contribution in [3.05, 3.63) is 39.1 Å². The van der Waals surface area contributed by atoms with Gasteiger partial charge in [-0.3, -0.25) is 4.79 Å². The highest BCUT2D eigenvalue weighted by molar-refractivity contribution is 5.84. The van der Waals surface area contributed by atoms with E-state index in [9.17, 15) is 19.3 Å². The first-order chi connectivity index (χ1) is 11.2. The summed E-state index contributed by atoms with van der Waals surface area (Å²) >= 11 is 0. The number of hydrogen-bond donors (Lipinski definition) is 1. The number of hydrogen-bond acceptors (Lipinski definition) is 6. The Balaban J connectivity index is 2.09. The Hall–Kier alpha value is -3.11. The summed E-state index contributed by atoms with van der Waals surface area (Å²) in [6.07, 6.45) is 1.15. The summed E-state index contributed by atoms with van der Waals surface area (Å²) in [6.45, 7) is 4.73. The molecule has 0 fully saturated rings. The van der Waals surface area contributed by atoms with Crippen molar-refractivity contribution in [3.8, 4) is 0 Å². The SMILES string of the molecule is Cc1nn(C)c(F)c1/C=N\NC(=O)[C@H](C)n1nc([N+](=O)[O-])cc1C. The van der Waals surface area contributed by atoms with Gasteiger partial charge in [0.25, 0.3) is 5.91 Å². The van der Waals surface area contributed by atoms with Crippen LogP contribution in [-0.4, -0.2) is 36.6 Å². The molecule has 10 nitrogen and oxygen atoms in total. The van der Waals surface area contributed by atoms with Gasteiger partial charge in [0, 0.05) is 7.05 Å². The molecule has 0 saturated carbocycles. The summed E-state index contributed by atoms with van der Waals surface area (Å²) in [5.41, 5.74) is 3.31. The third kappa shape index (κ3) is 3.29. The summed E-state index contributed by atoms with van der Waals surface area (Å²) in [4.78, 5) is 22.1. The van der Waals surface area contributed by atoms with Crippen LogP contribution in [0, 0.1) is 29.9 Å². The summed E-state index contributed by atoms with van der Waals surface area (Å²) in [6, 6.07) is 0.442. The Labute approximate surface area is 136 Å². The van der Waals surface area contributed by atoms with Gasteiger partial charge in [0.1, 0.15) is 0 Å². The van der Waals surface area contributed by atoms with Crippen LogP contribution in [0.5, 0.6) is 0 Å². The molecule has 0 bridgehead atoms. The maximum absolute atomic E-state index is 13.7. The number of nitro groups is 1. The van der Waals surface area contributed by atoms with E-state index in [1.54, 1.807) is 13.8 Å². The Morgan fingerprint density at radius 1 is 1.50 bits per heavy atom. The van der Waals surface area contributed by atoms with E-state index in [0.717, 1.165) is 10.9 Å². The minimum absolute atomic E-state index is 0.163. The summed E-state index contributed by atoms with van der Waals surface area (Å²) in [5.74, 6) is -1.46. The minimum Gasteiger partial charge on any atom is -0.358 e. The molecule has 2 heterocycles. The molecule has 0 radical (unpaired) electrons. The number of aromatic nitrogens is 4. The van der Waals surface area contributed by atoms with Gasteiger partial charge in [-0.1, -0.05) is 0 Å². The fourth-order valence-corrected chi connectivity index (χ4v) is 2.11. The van der Waals surface area contributed by atoms with Gasteiger partial charge in [-0.05, 0) is 25.7 Å². The summed E-state index contributed by atoms with van der Waals surface area (Å²) in [7, 11) is 1.45. The number of carbonyl (C=O) groups is 1. The molecule has 1 amide bonds. The van der Waals surface area contributed by atoms with Gasteiger partial charge in [-0.25, -0.2) is 10.1 Å². The molecule has 0 aliphatic heterocycles. The Morgan fingerprint density at radius 2 is 2.17 bits per heavy atom. The number of nitrogens with zero attached hydrogens (tertiary/aromatic N) is 6. The Kier molecular flexibility index (Phi) is 4.71. The molecule has 2 aromatic rings. The van der Waals surface area contributed by atoms with Crippen LogP contribution in [-0.2, 0) is 11.8 Å². The second kappa shape index (κ2) is 6.56. The average molecular weight is 337 g/mol. The molecule has 2 aromatic heterocycles. The fraction of sp³-hybridized carbons (Fsp3) is 0.385. The zero-order chi connectivity index (χ0) is 18.0. The largest absolute Gasteiger partial charge is 0.390 e. The summed E-state index contributed by atoms with van der Waals surface area (Å²) < 4.78 is 16.0. The second-order valence-electron chi connectivity index (χ2n) is 5.17. The number of amides is 1. The van der Waals surface area contributed by atoms with Gasteiger partial charge in [-0.2, -0.15) is 19.3 Å². The zero-order valence-electron chi connectivity index (χ0n) is 13.5. The lowest BCUT2D eigenvalue weighted by Gasteiger charge is -2.08. The molecule has 1 N–H and O–H groups in total. The van der Waals surface area contributed by atoms with E-state index in [0.29, 0.717) is 11.4 Å². The number of hydrazone groups is 1. The van der Waals surface area contributed by atoms with Crippen molar-refractivity contribution in [2.45, 2.75) is 26.8 Å². The number of nitrogens with one attached hydrogen (secondary N) is 1. The van der Waals surface area contributed by atoms with E-state index in [-0.39, 0.29) is 11.4 Å². The van der Waals surface area contributed by atoms with Crippen molar-refractivity contribution in [3.63, 3.8) is 0 Å². The van der Waals surface area contributed by atoms with E-state index >= 15 is 0 Å². The van der Waals surface area contributed by atoms with Crippen molar-refractivity contribution in [2.24, 2.45) is 12.1 Å². The van der Waals surface area contributed by atoms with Gasteiger partial charge in [0.2, 0.25) is 5.95 Å². The average Bonchev–Trinajstić information content (AvgIpc) is 3.01. The lowest BCUT2D eigenvalue weighted by Crippen LogP contribution is -2.28. The van der Waals surface area contributed by atoms with Gasteiger partial charge in [-0.15, -0.1) is 0 Å². The molecule has 0 unspecified atom stereocenters. The smallest absolute Gasteiger partial charge is 0.358 e. The normalized spacial score (nSPS) is 12.5. The topological polar surface area (TPSA) is 120 Å². The third-order valence-electron chi connectivity index (χ3n) is 3.41. The van der Waals surface area contributed by atoms with Crippen LogP contribution in [0.25, 0.3) is 0 Å². The van der Waals surface area contributed by atoms with Crippen LogP contribution in [0.1, 0.15) is 29.9 Å². The molecule has 0 aliphatic carbocycles.